The summed E-state index contributed by atoms with van der Waals surface area (Å²) in [6, 6.07) is 8.55. The Kier molecular flexibility index (Phi) is 8.67. The number of aliphatic hydroxyl groups is 1. The minimum atomic E-state index is -0.906. The van der Waals surface area contributed by atoms with Crippen LogP contribution in [0.2, 0.25) is 0 Å². The fourth-order valence-electron chi connectivity index (χ4n) is 2.77. The number of hydrogen-bond donors (Lipinski definition) is 3. The van der Waals surface area contributed by atoms with Crippen LogP contribution >= 0.6 is 0 Å². The molecule has 0 saturated heterocycles. The van der Waals surface area contributed by atoms with E-state index in [9.17, 15) is 13.9 Å². The molecule has 3 N–H and O–H groups in total. The minimum Gasteiger partial charge on any atom is -0.497 e. The quantitative estimate of drug-likeness (QED) is 0.440. The van der Waals surface area contributed by atoms with Gasteiger partial charge < -0.3 is 25.2 Å². The molecule has 2 rings (SSSR count). The van der Waals surface area contributed by atoms with Gasteiger partial charge in [-0.25, -0.2) is 8.78 Å². The molecule has 0 radical (unpaired) electrons. The molecule has 0 aliphatic carbocycles. The zero-order valence-electron chi connectivity index (χ0n) is 16.8. The molecule has 6 nitrogen and oxygen atoms in total. The van der Waals surface area contributed by atoms with Gasteiger partial charge in [0, 0.05) is 18.7 Å². The van der Waals surface area contributed by atoms with Gasteiger partial charge in [-0.2, -0.15) is 0 Å². The first kappa shape index (κ1) is 22.4. The Balaban J connectivity index is 2.02. The number of halogens is 2. The van der Waals surface area contributed by atoms with Gasteiger partial charge in [0.15, 0.2) is 5.96 Å². The van der Waals surface area contributed by atoms with Crippen molar-refractivity contribution in [3.05, 3.63) is 59.2 Å². The van der Waals surface area contributed by atoms with E-state index in [4.69, 9.17) is 9.47 Å². The lowest BCUT2D eigenvalue weighted by Crippen LogP contribution is -2.38. The second-order valence-electron chi connectivity index (χ2n) is 6.26. The molecule has 8 heteroatoms. The van der Waals surface area contributed by atoms with E-state index in [1.54, 1.807) is 25.3 Å². The van der Waals surface area contributed by atoms with Crippen LogP contribution in [0.4, 0.5) is 8.78 Å². The number of methoxy groups -OCH3 is 2. The average Bonchev–Trinajstić information content (AvgIpc) is 2.73. The van der Waals surface area contributed by atoms with Crippen LogP contribution in [0.1, 0.15) is 24.2 Å². The van der Waals surface area contributed by atoms with E-state index >= 15 is 0 Å². The number of guanidine groups is 1. The number of hydrogen-bond acceptors (Lipinski definition) is 4. The lowest BCUT2D eigenvalue weighted by Gasteiger charge is -2.16. The van der Waals surface area contributed by atoms with E-state index in [1.807, 2.05) is 6.92 Å². The van der Waals surface area contributed by atoms with Crippen LogP contribution < -0.4 is 20.1 Å². The second-order valence-corrected chi connectivity index (χ2v) is 6.26. The molecular weight excluding hydrogens is 380 g/mol. The third-order valence-electron chi connectivity index (χ3n) is 4.26. The van der Waals surface area contributed by atoms with Crippen molar-refractivity contribution in [3.8, 4) is 11.5 Å². The number of benzene rings is 2. The van der Waals surface area contributed by atoms with E-state index in [0.29, 0.717) is 42.5 Å². The third-order valence-corrected chi connectivity index (χ3v) is 4.26. The van der Waals surface area contributed by atoms with E-state index in [1.165, 1.54) is 13.2 Å². The first-order valence-corrected chi connectivity index (χ1v) is 9.34. The summed E-state index contributed by atoms with van der Waals surface area (Å²) in [4.78, 5) is 4.37. The molecule has 0 aliphatic heterocycles. The summed E-state index contributed by atoms with van der Waals surface area (Å²) in [5, 5.41) is 16.7. The Bertz CT molecular complexity index is 831. The maximum absolute atomic E-state index is 13.7. The van der Waals surface area contributed by atoms with Gasteiger partial charge in [-0.3, -0.25) is 4.99 Å². The van der Waals surface area contributed by atoms with E-state index in [-0.39, 0.29) is 12.1 Å². The van der Waals surface area contributed by atoms with Gasteiger partial charge >= 0.3 is 0 Å². The summed E-state index contributed by atoms with van der Waals surface area (Å²) in [6.45, 7) is 2.95. The first-order chi connectivity index (χ1) is 14.0. The highest BCUT2D eigenvalue weighted by Gasteiger charge is 2.15. The lowest BCUT2D eigenvalue weighted by molar-refractivity contribution is 0.182. The van der Waals surface area contributed by atoms with Gasteiger partial charge in [0.05, 0.1) is 20.8 Å². The van der Waals surface area contributed by atoms with Crippen molar-refractivity contribution in [2.75, 3.05) is 33.9 Å². The molecule has 1 atom stereocenters. The first-order valence-electron chi connectivity index (χ1n) is 9.34. The van der Waals surface area contributed by atoms with E-state index < -0.39 is 17.7 Å². The molecule has 0 spiro atoms. The number of nitrogens with zero attached hydrogens (tertiary/aromatic N) is 1. The molecule has 0 amide bonds. The van der Waals surface area contributed by atoms with Crippen LogP contribution in [-0.4, -0.2) is 44.9 Å². The predicted molar refractivity (Wildman–Crippen MR) is 109 cm³/mol. The van der Waals surface area contributed by atoms with Crippen LogP contribution in [0.15, 0.2) is 41.4 Å². The molecule has 0 aromatic heterocycles. The molecule has 158 valence electrons. The van der Waals surface area contributed by atoms with Crippen molar-refractivity contribution >= 4 is 5.96 Å². The van der Waals surface area contributed by atoms with Crippen LogP contribution in [0.5, 0.6) is 11.5 Å². The molecule has 0 bridgehead atoms. The molecular formula is C21H27F2N3O3. The third kappa shape index (κ3) is 6.60. The van der Waals surface area contributed by atoms with Gasteiger partial charge in [0.2, 0.25) is 0 Å². The van der Waals surface area contributed by atoms with Crippen LogP contribution in [0.25, 0.3) is 0 Å². The van der Waals surface area contributed by atoms with Crippen molar-refractivity contribution in [3.63, 3.8) is 0 Å². The zero-order valence-corrected chi connectivity index (χ0v) is 16.8. The highest BCUT2D eigenvalue weighted by Crippen LogP contribution is 2.29. The van der Waals surface area contributed by atoms with Gasteiger partial charge in [-0.05, 0) is 55.3 Å². The summed E-state index contributed by atoms with van der Waals surface area (Å²) < 4.78 is 37.5. The number of nitrogens with one attached hydrogen (secondary N) is 2. The van der Waals surface area contributed by atoms with E-state index in [2.05, 4.69) is 15.6 Å². The van der Waals surface area contributed by atoms with Crippen molar-refractivity contribution in [1.29, 1.82) is 0 Å². The second kappa shape index (κ2) is 11.2. The normalized spacial score (nSPS) is 12.4. The SMILES string of the molecule is CCNC(=NCC(O)c1cc(OC)ccc1OC)NCCc1cc(F)ccc1F. The number of aliphatic imine (C=N–C) groups is 1. The maximum Gasteiger partial charge on any atom is 0.191 e. The summed E-state index contributed by atoms with van der Waals surface area (Å²) in [5.74, 6) is 0.678. The smallest absolute Gasteiger partial charge is 0.191 e. The molecule has 2 aromatic rings. The summed E-state index contributed by atoms with van der Waals surface area (Å²) in [5.41, 5.74) is 0.850. The highest BCUT2D eigenvalue weighted by molar-refractivity contribution is 5.79. The molecule has 0 saturated carbocycles. The number of aliphatic hydroxyl groups excluding tert-OH is 1. The van der Waals surface area contributed by atoms with Crippen LogP contribution in [0.3, 0.4) is 0 Å². The van der Waals surface area contributed by atoms with Gasteiger partial charge in [0.1, 0.15) is 29.2 Å². The molecule has 0 fully saturated rings. The Morgan fingerprint density at radius 3 is 2.59 bits per heavy atom. The Morgan fingerprint density at radius 1 is 1.10 bits per heavy atom. The summed E-state index contributed by atoms with van der Waals surface area (Å²) in [6.07, 6.45) is -0.614. The standard InChI is InChI=1S/C21H27F2N3O3/c1-4-24-21(25-10-9-14-11-15(22)5-7-18(14)23)26-13-19(27)17-12-16(28-2)6-8-20(17)29-3/h5-8,11-12,19,27H,4,9-10,13H2,1-3H3,(H2,24,25,26). The average molecular weight is 407 g/mol. The van der Waals surface area contributed by atoms with Crippen molar-refractivity contribution < 1.29 is 23.4 Å². The predicted octanol–water partition coefficient (Wildman–Crippen LogP) is 2.81. The van der Waals surface area contributed by atoms with Crippen LogP contribution in [-0.2, 0) is 6.42 Å². The topological polar surface area (TPSA) is 75.1 Å². The Labute approximate surface area is 169 Å². The molecule has 0 aliphatic rings. The fourth-order valence-corrected chi connectivity index (χ4v) is 2.77. The van der Waals surface area contributed by atoms with Gasteiger partial charge in [0.25, 0.3) is 0 Å². The minimum absolute atomic E-state index is 0.0766. The molecule has 29 heavy (non-hydrogen) atoms. The number of rotatable bonds is 9. The Morgan fingerprint density at radius 2 is 1.90 bits per heavy atom. The largest absolute Gasteiger partial charge is 0.497 e. The molecule has 0 heterocycles. The molecule has 2 aromatic carbocycles. The summed E-state index contributed by atoms with van der Waals surface area (Å²) in [7, 11) is 3.07. The summed E-state index contributed by atoms with van der Waals surface area (Å²) >= 11 is 0. The zero-order chi connectivity index (χ0) is 21.2. The van der Waals surface area contributed by atoms with Gasteiger partial charge in [-0.1, -0.05) is 0 Å². The van der Waals surface area contributed by atoms with Crippen molar-refractivity contribution in [2.45, 2.75) is 19.4 Å². The lowest BCUT2D eigenvalue weighted by atomic mass is 10.1. The Hall–Kier alpha value is -2.87. The van der Waals surface area contributed by atoms with E-state index in [0.717, 1.165) is 12.1 Å². The monoisotopic (exact) mass is 407 g/mol. The van der Waals surface area contributed by atoms with Crippen LogP contribution in [0, 0.1) is 11.6 Å². The highest BCUT2D eigenvalue weighted by atomic mass is 19.1. The molecule has 1 unspecified atom stereocenters. The number of ether oxygens (including phenoxy) is 2. The van der Waals surface area contributed by atoms with Gasteiger partial charge in [-0.15, -0.1) is 0 Å². The van der Waals surface area contributed by atoms with Crippen molar-refractivity contribution in [1.82, 2.24) is 10.6 Å². The fraction of sp³-hybridized carbons (Fsp3) is 0.381. The van der Waals surface area contributed by atoms with Crippen molar-refractivity contribution in [2.24, 2.45) is 4.99 Å². The maximum atomic E-state index is 13.7.